The molecular weight excluding hydrogens is 188 g/mol. The predicted octanol–water partition coefficient (Wildman–Crippen LogP) is 0.623. The number of carboxylic acids is 1. The zero-order valence-electron chi connectivity index (χ0n) is 7.89. The van der Waals surface area contributed by atoms with Gasteiger partial charge in [0.2, 0.25) is 11.8 Å². The summed E-state index contributed by atoms with van der Waals surface area (Å²) in [5.41, 5.74) is 0. The first kappa shape index (κ1) is 10.6. The summed E-state index contributed by atoms with van der Waals surface area (Å²) in [6, 6.07) is 0. The maximum atomic E-state index is 10.1. The number of rotatable bonds is 6. The average Bonchev–Trinajstić information content (AvgIpc) is 2.53. The first-order valence-electron chi connectivity index (χ1n) is 4.33. The van der Waals surface area contributed by atoms with E-state index in [9.17, 15) is 4.79 Å². The second-order valence-corrected chi connectivity index (χ2v) is 2.73. The van der Waals surface area contributed by atoms with Gasteiger partial charge >= 0.3 is 5.97 Å². The third-order valence-electron chi connectivity index (χ3n) is 1.42. The zero-order valence-corrected chi connectivity index (χ0v) is 7.89. The van der Waals surface area contributed by atoms with Gasteiger partial charge in [0.1, 0.15) is 13.2 Å². The van der Waals surface area contributed by atoms with Crippen LogP contribution in [0.1, 0.15) is 25.1 Å². The van der Waals surface area contributed by atoms with Gasteiger partial charge in [-0.15, -0.1) is 10.2 Å². The lowest BCUT2D eigenvalue weighted by Gasteiger charge is -1.94. The van der Waals surface area contributed by atoms with Crippen molar-refractivity contribution in [2.45, 2.75) is 26.4 Å². The molecule has 0 spiro atoms. The molecule has 14 heavy (non-hydrogen) atoms. The fraction of sp³-hybridized carbons (Fsp3) is 0.625. The van der Waals surface area contributed by atoms with Crippen LogP contribution in [0.3, 0.4) is 0 Å². The Hall–Kier alpha value is -1.43. The molecule has 1 aromatic rings. The summed E-state index contributed by atoms with van der Waals surface area (Å²) in [6.07, 6.45) is 1.66. The van der Waals surface area contributed by atoms with E-state index in [1.807, 2.05) is 6.92 Å². The van der Waals surface area contributed by atoms with Crippen LogP contribution in [0.15, 0.2) is 4.42 Å². The summed E-state index contributed by atoms with van der Waals surface area (Å²) in [5, 5.41) is 15.7. The Kier molecular flexibility index (Phi) is 4.06. The topological polar surface area (TPSA) is 85.5 Å². The highest BCUT2D eigenvalue weighted by atomic mass is 16.5. The largest absolute Gasteiger partial charge is 0.480 e. The first-order chi connectivity index (χ1) is 6.72. The number of ether oxygens (including phenoxy) is 1. The molecular formula is C8H12N2O4. The van der Waals surface area contributed by atoms with Gasteiger partial charge in [0, 0.05) is 6.42 Å². The minimum atomic E-state index is -1.02. The molecule has 0 aliphatic rings. The summed E-state index contributed by atoms with van der Waals surface area (Å²) < 4.78 is 9.94. The Bertz CT molecular complexity index is 297. The van der Waals surface area contributed by atoms with Gasteiger partial charge < -0.3 is 14.3 Å². The highest BCUT2D eigenvalue weighted by Crippen LogP contribution is 2.03. The highest BCUT2D eigenvalue weighted by molar-refractivity contribution is 5.67. The predicted molar refractivity (Wildman–Crippen MR) is 45.6 cm³/mol. The lowest BCUT2D eigenvalue weighted by Crippen LogP contribution is -2.06. The van der Waals surface area contributed by atoms with Crippen molar-refractivity contribution < 1.29 is 19.1 Å². The normalized spacial score (nSPS) is 10.4. The minimum Gasteiger partial charge on any atom is -0.480 e. The third kappa shape index (κ3) is 3.53. The lowest BCUT2D eigenvalue weighted by molar-refractivity contribution is -0.142. The van der Waals surface area contributed by atoms with E-state index in [1.165, 1.54) is 0 Å². The molecule has 0 bridgehead atoms. The molecule has 0 amide bonds. The van der Waals surface area contributed by atoms with E-state index in [0.29, 0.717) is 11.8 Å². The van der Waals surface area contributed by atoms with Crippen LogP contribution < -0.4 is 0 Å². The minimum absolute atomic E-state index is 0.0447. The van der Waals surface area contributed by atoms with Crippen LogP contribution in [0.2, 0.25) is 0 Å². The van der Waals surface area contributed by atoms with Gasteiger partial charge in [0.15, 0.2) is 0 Å². The van der Waals surface area contributed by atoms with E-state index in [1.54, 1.807) is 0 Å². The standard InChI is InChI=1S/C8H12N2O4/c1-2-3-6-9-10-7(14-6)4-13-5-8(11)12/h2-5H2,1H3,(H,11,12). The molecule has 1 N–H and O–H groups in total. The number of aryl methyl sites for hydroxylation is 1. The maximum absolute atomic E-state index is 10.1. The van der Waals surface area contributed by atoms with E-state index in [0.717, 1.165) is 12.8 Å². The number of hydrogen-bond acceptors (Lipinski definition) is 5. The summed E-state index contributed by atoms with van der Waals surface area (Å²) in [4.78, 5) is 10.1. The molecule has 0 unspecified atom stereocenters. The number of hydrogen-bond donors (Lipinski definition) is 1. The van der Waals surface area contributed by atoms with Gasteiger partial charge in [-0.2, -0.15) is 0 Å². The van der Waals surface area contributed by atoms with Crippen LogP contribution in [-0.2, 0) is 22.6 Å². The molecule has 0 aliphatic carbocycles. The molecule has 1 heterocycles. The summed E-state index contributed by atoms with van der Waals surface area (Å²) in [6.45, 7) is 1.69. The molecule has 0 atom stereocenters. The van der Waals surface area contributed by atoms with E-state index >= 15 is 0 Å². The molecule has 78 valence electrons. The van der Waals surface area contributed by atoms with Crippen LogP contribution in [0.5, 0.6) is 0 Å². The van der Waals surface area contributed by atoms with Crippen molar-refractivity contribution in [3.05, 3.63) is 11.8 Å². The molecule has 1 aromatic heterocycles. The monoisotopic (exact) mass is 200 g/mol. The van der Waals surface area contributed by atoms with Crippen molar-refractivity contribution in [1.82, 2.24) is 10.2 Å². The molecule has 6 heteroatoms. The van der Waals surface area contributed by atoms with Crippen molar-refractivity contribution in [3.63, 3.8) is 0 Å². The summed E-state index contributed by atoms with van der Waals surface area (Å²) in [7, 11) is 0. The van der Waals surface area contributed by atoms with Gasteiger partial charge in [-0.25, -0.2) is 4.79 Å². The van der Waals surface area contributed by atoms with Crippen molar-refractivity contribution in [1.29, 1.82) is 0 Å². The first-order valence-corrected chi connectivity index (χ1v) is 4.33. The molecule has 6 nitrogen and oxygen atoms in total. The van der Waals surface area contributed by atoms with Gasteiger partial charge in [0.05, 0.1) is 0 Å². The van der Waals surface area contributed by atoms with Crippen LogP contribution in [0.25, 0.3) is 0 Å². The lowest BCUT2D eigenvalue weighted by atomic mass is 10.3. The third-order valence-corrected chi connectivity index (χ3v) is 1.42. The van der Waals surface area contributed by atoms with Gasteiger partial charge in [-0.05, 0) is 6.42 Å². The Morgan fingerprint density at radius 1 is 1.50 bits per heavy atom. The molecule has 1 rings (SSSR count). The van der Waals surface area contributed by atoms with Crippen LogP contribution in [0.4, 0.5) is 0 Å². The quantitative estimate of drug-likeness (QED) is 0.724. The number of carbonyl (C=O) groups is 1. The van der Waals surface area contributed by atoms with E-state index in [-0.39, 0.29) is 13.2 Å². The fourth-order valence-corrected chi connectivity index (χ4v) is 0.887. The molecule has 0 radical (unpaired) electrons. The SMILES string of the molecule is CCCc1nnc(COCC(=O)O)o1. The highest BCUT2D eigenvalue weighted by Gasteiger charge is 2.05. The Labute approximate surface area is 80.9 Å². The van der Waals surface area contributed by atoms with Crippen molar-refractivity contribution in [2.75, 3.05) is 6.61 Å². The summed E-state index contributed by atoms with van der Waals surface area (Å²) in [5.74, 6) is -0.144. The number of nitrogens with zero attached hydrogens (tertiary/aromatic N) is 2. The molecule has 0 fully saturated rings. The number of carboxylic acid groups (broad SMARTS) is 1. The van der Waals surface area contributed by atoms with Crippen molar-refractivity contribution in [2.24, 2.45) is 0 Å². The second-order valence-electron chi connectivity index (χ2n) is 2.73. The molecule has 0 aromatic carbocycles. The Morgan fingerprint density at radius 2 is 2.21 bits per heavy atom. The van der Waals surface area contributed by atoms with Crippen molar-refractivity contribution >= 4 is 5.97 Å². The van der Waals surface area contributed by atoms with Crippen LogP contribution >= 0.6 is 0 Å². The maximum Gasteiger partial charge on any atom is 0.329 e. The number of aliphatic carboxylic acids is 1. The number of aromatic nitrogens is 2. The molecule has 0 saturated heterocycles. The van der Waals surface area contributed by atoms with Crippen LogP contribution in [-0.4, -0.2) is 27.9 Å². The second kappa shape index (κ2) is 5.33. The fourth-order valence-electron chi connectivity index (χ4n) is 0.887. The van der Waals surface area contributed by atoms with E-state index in [4.69, 9.17) is 14.3 Å². The van der Waals surface area contributed by atoms with Crippen molar-refractivity contribution in [3.8, 4) is 0 Å². The molecule has 0 saturated carbocycles. The Morgan fingerprint density at radius 3 is 2.86 bits per heavy atom. The zero-order chi connectivity index (χ0) is 10.4. The van der Waals surface area contributed by atoms with Crippen LogP contribution in [0, 0.1) is 0 Å². The smallest absolute Gasteiger partial charge is 0.329 e. The molecule has 0 aliphatic heterocycles. The average molecular weight is 200 g/mol. The van der Waals surface area contributed by atoms with E-state index in [2.05, 4.69) is 10.2 Å². The Balaban J connectivity index is 2.32. The van der Waals surface area contributed by atoms with Gasteiger partial charge in [0.25, 0.3) is 0 Å². The van der Waals surface area contributed by atoms with Gasteiger partial charge in [-0.1, -0.05) is 6.92 Å². The van der Waals surface area contributed by atoms with Gasteiger partial charge in [-0.3, -0.25) is 0 Å². The van der Waals surface area contributed by atoms with E-state index < -0.39 is 5.97 Å². The summed E-state index contributed by atoms with van der Waals surface area (Å²) >= 11 is 0.